The van der Waals surface area contributed by atoms with Gasteiger partial charge in [0.05, 0.1) is 5.69 Å². The highest BCUT2D eigenvalue weighted by Crippen LogP contribution is 2.23. The number of aliphatic carboxylic acids is 1. The topological polar surface area (TPSA) is 86.7 Å². The number of rotatable bonds is 6. The van der Waals surface area contributed by atoms with Crippen molar-refractivity contribution >= 4 is 23.5 Å². The van der Waals surface area contributed by atoms with E-state index in [1.807, 2.05) is 13.8 Å². The maximum Gasteiger partial charge on any atom is 0.303 e. The van der Waals surface area contributed by atoms with Crippen LogP contribution in [0.15, 0.2) is 18.2 Å². The molecule has 26 heavy (non-hydrogen) atoms. The largest absolute Gasteiger partial charge is 0.481 e. The number of carboxylic acids is 1. The number of amides is 2. The highest BCUT2D eigenvalue weighted by Gasteiger charge is 2.25. The summed E-state index contributed by atoms with van der Waals surface area (Å²) in [5, 5.41) is 11.4. The van der Waals surface area contributed by atoms with Gasteiger partial charge in [-0.05, 0) is 42.9 Å². The second kappa shape index (κ2) is 8.78. The van der Waals surface area contributed by atoms with E-state index in [4.69, 9.17) is 5.11 Å². The van der Waals surface area contributed by atoms with Gasteiger partial charge < -0.3 is 15.3 Å². The molecule has 1 aliphatic heterocycles. The van der Waals surface area contributed by atoms with Crippen LogP contribution >= 0.6 is 0 Å². The van der Waals surface area contributed by atoms with E-state index in [0.29, 0.717) is 32.4 Å². The Kier molecular flexibility index (Phi) is 6.71. The van der Waals surface area contributed by atoms with E-state index in [1.165, 1.54) is 12.1 Å². The molecule has 6 nitrogen and oxygen atoms in total. The lowest BCUT2D eigenvalue weighted by Crippen LogP contribution is -2.39. The van der Waals surface area contributed by atoms with Crippen LogP contribution in [-0.4, -0.2) is 40.9 Å². The number of nitrogens with one attached hydrogen (secondary N) is 1. The van der Waals surface area contributed by atoms with E-state index < -0.39 is 11.8 Å². The molecule has 0 bridgehead atoms. The predicted molar refractivity (Wildman–Crippen MR) is 95.4 cm³/mol. The van der Waals surface area contributed by atoms with E-state index in [1.54, 1.807) is 4.90 Å². The summed E-state index contributed by atoms with van der Waals surface area (Å²) in [7, 11) is 0. The molecule has 1 aromatic rings. The normalized spacial score (nSPS) is 15.2. The molecular weight excluding hydrogens is 339 g/mol. The van der Waals surface area contributed by atoms with Gasteiger partial charge in [0.25, 0.3) is 5.91 Å². The number of carboxylic acid groups (broad SMARTS) is 1. The van der Waals surface area contributed by atoms with Gasteiger partial charge in [-0.15, -0.1) is 0 Å². The van der Waals surface area contributed by atoms with Gasteiger partial charge in [-0.3, -0.25) is 14.4 Å². The molecule has 0 spiro atoms. The molecule has 2 N–H and O–H groups in total. The van der Waals surface area contributed by atoms with Crippen LogP contribution in [0, 0.1) is 17.7 Å². The van der Waals surface area contributed by atoms with E-state index in [0.717, 1.165) is 6.07 Å². The summed E-state index contributed by atoms with van der Waals surface area (Å²) in [5.41, 5.74) is 0.286. The fourth-order valence-electron chi connectivity index (χ4n) is 3.09. The Balaban J connectivity index is 1.97. The van der Waals surface area contributed by atoms with Crippen LogP contribution in [0.1, 0.15) is 49.9 Å². The fraction of sp³-hybridized carbons (Fsp3) is 0.526. The van der Waals surface area contributed by atoms with Crippen molar-refractivity contribution in [2.45, 2.75) is 39.5 Å². The van der Waals surface area contributed by atoms with Gasteiger partial charge in [-0.1, -0.05) is 13.8 Å². The van der Waals surface area contributed by atoms with Crippen LogP contribution in [0.4, 0.5) is 10.1 Å². The number of piperidine rings is 1. The Morgan fingerprint density at radius 3 is 2.46 bits per heavy atom. The van der Waals surface area contributed by atoms with Crippen LogP contribution in [0.3, 0.4) is 0 Å². The smallest absolute Gasteiger partial charge is 0.303 e. The zero-order valence-electron chi connectivity index (χ0n) is 15.1. The molecule has 1 saturated heterocycles. The third-order valence-corrected chi connectivity index (χ3v) is 4.45. The lowest BCUT2D eigenvalue weighted by Gasteiger charge is -2.31. The van der Waals surface area contributed by atoms with Crippen molar-refractivity contribution in [3.05, 3.63) is 29.6 Å². The van der Waals surface area contributed by atoms with Gasteiger partial charge in [0, 0.05) is 31.5 Å². The van der Waals surface area contributed by atoms with Gasteiger partial charge >= 0.3 is 5.97 Å². The molecule has 142 valence electrons. The van der Waals surface area contributed by atoms with E-state index in [2.05, 4.69) is 5.32 Å². The maximum atomic E-state index is 14.2. The molecule has 0 saturated carbocycles. The Bertz CT molecular complexity index is 682. The SMILES string of the molecule is CC(C)CC(=O)Nc1ccc(C(=O)N2CCC(CC(=O)O)CC2)cc1F. The summed E-state index contributed by atoms with van der Waals surface area (Å²) in [6.45, 7) is 4.73. The van der Waals surface area contributed by atoms with E-state index >= 15 is 0 Å². The first-order chi connectivity index (χ1) is 12.3. The molecule has 0 atom stereocenters. The van der Waals surface area contributed by atoms with Crippen molar-refractivity contribution in [1.29, 1.82) is 0 Å². The number of carbonyl (C=O) groups excluding carboxylic acids is 2. The first-order valence-corrected chi connectivity index (χ1v) is 8.86. The Morgan fingerprint density at radius 2 is 1.92 bits per heavy atom. The Hall–Kier alpha value is -2.44. The average molecular weight is 364 g/mol. The maximum absolute atomic E-state index is 14.2. The summed E-state index contributed by atoms with van der Waals surface area (Å²) in [4.78, 5) is 36.6. The van der Waals surface area contributed by atoms with Crippen molar-refractivity contribution < 1.29 is 23.9 Å². The second-order valence-electron chi connectivity index (χ2n) is 7.17. The monoisotopic (exact) mass is 364 g/mol. The molecule has 1 aliphatic rings. The van der Waals surface area contributed by atoms with Gasteiger partial charge in [0.1, 0.15) is 5.82 Å². The quantitative estimate of drug-likeness (QED) is 0.812. The minimum absolute atomic E-state index is 0.0624. The van der Waals surface area contributed by atoms with Crippen molar-refractivity contribution in [2.24, 2.45) is 11.8 Å². The van der Waals surface area contributed by atoms with Crippen LogP contribution in [0.25, 0.3) is 0 Å². The third-order valence-electron chi connectivity index (χ3n) is 4.45. The molecule has 0 unspecified atom stereocenters. The lowest BCUT2D eigenvalue weighted by atomic mass is 9.93. The first-order valence-electron chi connectivity index (χ1n) is 8.86. The van der Waals surface area contributed by atoms with Gasteiger partial charge in [-0.25, -0.2) is 4.39 Å². The Labute approximate surface area is 152 Å². The number of halogens is 1. The summed E-state index contributed by atoms with van der Waals surface area (Å²) in [5.74, 6) is -1.77. The number of carbonyl (C=O) groups is 3. The van der Waals surface area contributed by atoms with Gasteiger partial charge in [0.15, 0.2) is 0 Å². The number of nitrogens with zero attached hydrogens (tertiary/aromatic N) is 1. The van der Waals surface area contributed by atoms with Crippen LogP contribution in [-0.2, 0) is 9.59 Å². The molecule has 7 heteroatoms. The first kappa shape index (κ1) is 19.9. The lowest BCUT2D eigenvalue weighted by molar-refractivity contribution is -0.138. The van der Waals surface area contributed by atoms with Crippen molar-refractivity contribution in [2.75, 3.05) is 18.4 Å². The second-order valence-corrected chi connectivity index (χ2v) is 7.17. The number of hydrogen-bond acceptors (Lipinski definition) is 3. The molecule has 1 fully saturated rings. The molecule has 0 aromatic heterocycles. The van der Waals surface area contributed by atoms with Gasteiger partial charge in [-0.2, -0.15) is 0 Å². The zero-order chi connectivity index (χ0) is 19.3. The number of hydrogen-bond donors (Lipinski definition) is 2. The molecule has 1 aromatic carbocycles. The number of benzene rings is 1. The molecule has 0 aliphatic carbocycles. The molecule has 2 rings (SSSR count). The van der Waals surface area contributed by atoms with Crippen molar-refractivity contribution in [3.8, 4) is 0 Å². The van der Waals surface area contributed by atoms with Crippen LogP contribution in [0.5, 0.6) is 0 Å². The van der Waals surface area contributed by atoms with Gasteiger partial charge in [0.2, 0.25) is 5.91 Å². The molecule has 0 radical (unpaired) electrons. The fourth-order valence-corrected chi connectivity index (χ4v) is 3.09. The Morgan fingerprint density at radius 1 is 1.27 bits per heavy atom. The highest BCUT2D eigenvalue weighted by molar-refractivity contribution is 5.96. The van der Waals surface area contributed by atoms with Crippen molar-refractivity contribution in [3.63, 3.8) is 0 Å². The van der Waals surface area contributed by atoms with Crippen LogP contribution < -0.4 is 5.32 Å². The molecule has 2 amide bonds. The average Bonchev–Trinajstić information content (AvgIpc) is 2.55. The summed E-state index contributed by atoms with van der Waals surface area (Å²) in [6.07, 6.45) is 1.67. The van der Waals surface area contributed by atoms with Crippen LogP contribution in [0.2, 0.25) is 0 Å². The summed E-state index contributed by atoms with van der Waals surface area (Å²) < 4.78 is 14.2. The van der Waals surface area contributed by atoms with E-state index in [-0.39, 0.29) is 41.3 Å². The van der Waals surface area contributed by atoms with Crippen molar-refractivity contribution in [1.82, 2.24) is 4.90 Å². The zero-order valence-corrected chi connectivity index (χ0v) is 15.1. The van der Waals surface area contributed by atoms with E-state index in [9.17, 15) is 18.8 Å². The highest BCUT2D eigenvalue weighted by atomic mass is 19.1. The summed E-state index contributed by atoms with van der Waals surface area (Å²) in [6, 6.07) is 4.04. The number of likely N-dealkylation sites (tertiary alicyclic amines) is 1. The minimum atomic E-state index is -0.827. The minimum Gasteiger partial charge on any atom is -0.481 e. The molecular formula is C19H25FN2O4. The third kappa shape index (κ3) is 5.54. The standard InChI is InChI=1S/C19H25FN2O4/c1-12(2)9-17(23)21-16-4-3-14(11-15(16)20)19(26)22-7-5-13(6-8-22)10-18(24)25/h3-4,11-13H,5-10H2,1-2H3,(H,21,23)(H,24,25). The summed E-state index contributed by atoms with van der Waals surface area (Å²) >= 11 is 0. The number of anilines is 1. The predicted octanol–water partition coefficient (Wildman–Crippen LogP) is 3.14. The molecule has 1 heterocycles.